The molecule has 2 rings (SSSR count). The van der Waals surface area contributed by atoms with Gasteiger partial charge in [0.1, 0.15) is 5.69 Å². The first kappa shape index (κ1) is 14.1. The smallest absolute Gasteiger partial charge is 0.352 e. The second-order valence-electron chi connectivity index (χ2n) is 3.75. The van der Waals surface area contributed by atoms with Crippen molar-refractivity contribution in [1.29, 1.82) is 0 Å². The van der Waals surface area contributed by atoms with E-state index >= 15 is 0 Å². The standard InChI is InChI=1S/C11H8BrFN4O3/c1-5-9(17(18)19)10(16-11(14)15-5)20-8-4-6(12)2-3-7(8)13/h2-4H,1H3,(H2,14,15,16). The summed E-state index contributed by atoms with van der Waals surface area (Å²) < 4.78 is 19.3. The van der Waals surface area contributed by atoms with Crippen molar-refractivity contribution in [2.45, 2.75) is 6.92 Å². The van der Waals surface area contributed by atoms with Crippen molar-refractivity contribution in [2.24, 2.45) is 0 Å². The zero-order valence-corrected chi connectivity index (χ0v) is 11.7. The number of aryl methyl sites for hydroxylation is 1. The van der Waals surface area contributed by atoms with Gasteiger partial charge in [-0.15, -0.1) is 0 Å². The van der Waals surface area contributed by atoms with Gasteiger partial charge in [-0.3, -0.25) is 10.1 Å². The van der Waals surface area contributed by atoms with Crippen LogP contribution in [0.5, 0.6) is 11.6 Å². The minimum absolute atomic E-state index is 0.0351. The molecule has 0 spiro atoms. The molecule has 1 heterocycles. The summed E-state index contributed by atoms with van der Waals surface area (Å²) >= 11 is 3.15. The molecular formula is C11H8BrFN4O3. The van der Waals surface area contributed by atoms with Crippen LogP contribution in [-0.2, 0) is 0 Å². The molecule has 1 aromatic carbocycles. The van der Waals surface area contributed by atoms with E-state index in [-0.39, 0.29) is 17.4 Å². The molecule has 20 heavy (non-hydrogen) atoms. The Morgan fingerprint density at radius 1 is 1.45 bits per heavy atom. The van der Waals surface area contributed by atoms with Crippen LogP contribution in [0.3, 0.4) is 0 Å². The van der Waals surface area contributed by atoms with Crippen LogP contribution in [0, 0.1) is 22.9 Å². The maximum atomic E-state index is 13.6. The lowest BCUT2D eigenvalue weighted by Gasteiger charge is -2.08. The van der Waals surface area contributed by atoms with Gasteiger partial charge in [0, 0.05) is 4.47 Å². The Labute approximate surface area is 120 Å². The fourth-order valence-electron chi connectivity index (χ4n) is 1.50. The summed E-state index contributed by atoms with van der Waals surface area (Å²) in [4.78, 5) is 17.6. The molecule has 0 aliphatic rings. The number of nitrogens with two attached hydrogens (primary N) is 1. The fourth-order valence-corrected chi connectivity index (χ4v) is 1.84. The molecule has 0 aliphatic heterocycles. The van der Waals surface area contributed by atoms with Crippen molar-refractivity contribution in [3.8, 4) is 11.6 Å². The lowest BCUT2D eigenvalue weighted by atomic mass is 10.3. The molecule has 104 valence electrons. The lowest BCUT2D eigenvalue weighted by molar-refractivity contribution is -0.386. The van der Waals surface area contributed by atoms with Gasteiger partial charge in [0.2, 0.25) is 5.95 Å². The summed E-state index contributed by atoms with van der Waals surface area (Å²) in [6.45, 7) is 1.39. The highest BCUT2D eigenvalue weighted by Crippen LogP contribution is 2.34. The molecule has 0 radical (unpaired) electrons. The Morgan fingerprint density at radius 2 is 2.15 bits per heavy atom. The Kier molecular flexibility index (Phi) is 3.79. The number of ether oxygens (including phenoxy) is 1. The number of halogens is 2. The first-order chi connectivity index (χ1) is 9.38. The van der Waals surface area contributed by atoms with Crippen molar-refractivity contribution in [2.75, 3.05) is 5.73 Å². The predicted octanol–water partition coefficient (Wildman–Crippen LogP) is 2.97. The minimum Gasteiger partial charge on any atom is -0.430 e. The largest absolute Gasteiger partial charge is 0.430 e. The number of rotatable bonds is 3. The van der Waals surface area contributed by atoms with Crippen molar-refractivity contribution >= 4 is 27.6 Å². The number of benzene rings is 1. The van der Waals surface area contributed by atoms with Crippen LogP contribution in [0.2, 0.25) is 0 Å². The van der Waals surface area contributed by atoms with E-state index < -0.39 is 22.3 Å². The summed E-state index contributed by atoms with van der Waals surface area (Å²) in [6, 6.07) is 3.95. The SMILES string of the molecule is Cc1nc(N)nc(Oc2cc(Br)ccc2F)c1[N+](=O)[O-]. The van der Waals surface area contributed by atoms with E-state index in [2.05, 4.69) is 25.9 Å². The normalized spacial score (nSPS) is 10.3. The summed E-state index contributed by atoms with van der Waals surface area (Å²) in [5.74, 6) is -1.49. The van der Waals surface area contributed by atoms with Crippen molar-refractivity contribution in [3.05, 3.63) is 44.3 Å². The quantitative estimate of drug-likeness (QED) is 0.679. The summed E-state index contributed by atoms with van der Waals surface area (Å²) in [5, 5.41) is 11.0. The van der Waals surface area contributed by atoms with Gasteiger partial charge in [0.15, 0.2) is 11.6 Å². The molecule has 7 nitrogen and oxygen atoms in total. The lowest BCUT2D eigenvalue weighted by Crippen LogP contribution is -2.05. The number of nitro groups is 1. The van der Waals surface area contributed by atoms with E-state index in [1.165, 1.54) is 19.1 Å². The van der Waals surface area contributed by atoms with E-state index in [1.807, 2.05) is 0 Å². The molecule has 2 N–H and O–H groups in total. The second-order valence-corrected chi connectivity index (χ2v) is 4.67. The minimum atomic E-state index is -0.708. The number of hydrogen-bond acceptors (Lipinski definition) is 6. The molecule has 0 amide bonds. The van der Waals surface area contributed by atoms with E-state index in [1.54, 1.807) is 0 Å². The first-order valence-electron chi connectivity index (χ1n) is 5.30. The monoisotopic (exact) mass is 342 g/mol. The van der Waals surface area contributed by atoms with Crippen LogP contribution in [0.4, 0.5) is 16.0 Å². The number of aromatic nitrogens is 2. The van der Waals surface area contributed by atoms with Crippen LogP contribution in [0.1, 0.15) is 5.69 Å². The fraction of sp³-hybridized carbons (Fsp3) is 0.0909. The van der Waals surface area contributed by atoms with E-state index in [9.17, 15) is 14.5 Å². The summed E-state index contributed by atoms with van der Waals surface area (Å²) in [6.07, 6.45) is 0. The molecule has 0 atom stereocenters. The van der Waals surface area contributed by atoms with Gasteiger partial charge >= 0.3 is 11.6 Å². The predicted molar refractivity (Wildman–Crippen MR) is 72.0 cm³/mol. The third kappa shape index (κ3) is 2.82. The van der Waals surface area contributed by atoms with Crippen LogP contribution < -0.4 is 10.5 Å². The van der Waals surface area contributed by atoms with E-state index in [0.29, 0.717) is 4.47 Å². The molecule has 0 aliphatic carbocycles. The van der Waals surface area contributed by atoms with Crippen LogP contribution in [0.15, 0.2) is 22.7 Å². The third-order valence-electron chi connectivity index (χ3n) is 2.33. The number of nitrogens with zero attached hydrogens (tertiary/aromatic N) is 3. The topological polar surface area (TPSA) is 104 Å². The van der Waals surface area contributed by atoms with Crippen LogP contribution in [-0.4, -0.2) is 14.9 Å². The molecule has 9 heteroatoms. The number of nitrogen functional groups attached to an aromatic ring is 1. The maximum Gasteiger partial charge on any atom is 0.352 e. The Balaban J connectivity index is 2.53. The second kappa shape index (κ2) is 5.37. The van der Waals surface area contributed by atoms with Gasteiger partial charge in [-0.05, 0) is 25.1 Å². The van der Waals surface area contributed by atoms with Gasteiger partial charge in [-0.25, -0.2) is 9.37 Å². The highest BCUT2D eigenvalue weighted by Gasteiger charge is 2.24. The van der Waals surface area contributed by atoms with Crippen molar-refractivity contribution < 1.29 is 14.1 Å². The van der Waals surface area contributed by atoms with Gasteiger partial charge in [0.05, 0.1) is 4.92 Å². The average molecular weight is 343 g/mol. The van der Waals surface area contributed by atoms with Gasteiger partial charge < -0.3 is 10.5 Å². The first-order valence-corrected chi connectivity index (χ1v) is 6.09. The highest BCUT2D eigenvalue weighted by molar-refractivity contribution is 9.10. The van der Waals surface area contributed by atoms with E-state index in [0.717, 1.165) is 6.07 Å². The Bertz CT molecular complexity index is 696. The highest BCUT2D eigenvalue weighted by atomic mass is 79.9. The molecular weight excluding hydrogens is 335 g/mol. The third-order valence-corrected chi connectivity index (χ3v) is 2.82. The van der Waals surface area contributed by atoms with Crippen LogP contribution in [0.25, 0.3) is 0 Å². The number of anilines is 1. The van der Waals surface area contributed by atoms with E-state index in [4.69, 9.17) is 10.5 Å². The Hall–Kier alpha value is -2.29. The molecule has 1 aromatic heterocycles. The van der Waals surface area contributed by atoms with Gasteiger partial charge in [0.25, 0.3) is 0 Å². The van der Waals surface area contributed by atoms with Crippen molar-refractivity contribution in [3.63, 3.8) is 0 Å². The summed E-state index contributed by atoms with van der Waals surface area (Å²) in [7, 11) is 0. The maximum absolute atomic E-state index is 13.6. The van der Waals surface area contributed by atoms with Crippen molar-refractivity contribution in [1.82, 2.24) is 9.97 Å². The molecule has 0 saturated heterocycles. The van der Waals surface area contributed by atoms with Gasteiger partial charge in [-0.2, -0.15) is 4.98 Å². The zero-order chi connectivity index (χ0) is 14.9. The molecule has 0 unspecified atom stereocenters. The van der Waals surface area contributed by atoms with Crippen LogP contribution >= 0.6 is 15.9 Å². The molecule has 0 bridgehead atoms. The molecule has 2 aromatic rings. The zero-order valence-electron chi connectivity index (χ0n) is 10.1. The Morgan fingerprint density at radius 3 is 2.80 bits per heavy atom. The molecule has 0 saturated carbocycles. The van der Waals surface area contributed by atoms with Gasteiger partial charge in [-0.1, -0.05) is 15.9 Å². The summed E-state index contributed by atoms with van der Waals surface area (Å²) in [5.41, 5.74) is 5.00. The average Bonchev–Trinajstić information content (AvgIpc) is 2.32. The molecule has 0 fully saturated rings. The number of hydrogen-bond donors (Lipinski definition) is 1.